The molecule has 0 atom stereocenters. The van der Waals surface area contributed by atoms with Gasteiger partial charge in [0.1, 0.15) is 0 Å². The van der Waals surface area contributed by atoms with Gasteiger partial charge in [-0.1, -0.05) is 0 Å². The Kier molecular flexibility index (Phi) is 5.61. The second-order valence-electron chi connectivity index (χ2n) is 3.98. The second kappa shape index (κ2) is 5.40. The Morgan fingerprint density at radius 1 is 1.00 bits per heavy atom. The van der Waals surface area contributed by atoms with Crippen LogP contribution in [0.25, 0.3) is 0 Å². The van der Waals surface area contributed by atoms with E-state index in [9.17, 15) is 0 Å². The highest BCUT2D eigenvalue weighted by molar-refractivity contribution is 5.85. The Morgan fingerprint density at radius 2 is 1.54 bits per heavy atom. The molecule has 2 rings (SSSR count). The van der Waals surface area contributed by atoms with Crippen LogP contribution in [0.1, 0.15) is 32.1 Å². The standard InChI is InChI=1S/C9H18N2.2ClH/c10-8-9(4-3-5-9)11-6-1-2-7-11;;/h1-8,10H2;2*1H. The van der Waals surface area contributed by atoms with Gasteiger partial charge >= 0.3 is 0 Å². The van der Waals surface area contributed by atoms with Crippen LogP contribution in [0.2, 0.25) is 0 Å². The zero-order valence-corrected chi connectivity index (χ0v) is 9.63. The van der Waals surface area contributed by atoms with Crippen molar-refractivity contribution in [3.63, 3.8) is 0 Å². The number of likely N-dealkylation sites (tertiary alicyclic amines) is 1. The molecule has 13 heavy (non-hydrogen) atoms. The third kappa shape index (κ3) is 2.30. The van der Waals surface area contributed by atoms with E-state index < -0.39 is 0 Å². The first kappa shape index (κ1) is 13.5. The number of halogens is 2. The van der Waals surface area contributed by atoms with Crippen molar-refractivity contribution in [1.82, 2.24) is 4.90 Å². The van der Waals surface area contributed by atoms with E-state index in [1.54, 1.807) is 0 Å². The molecule has 1 aliphatic heterocycles. The van der Waals surface area contributed by atoms with E-state index in [1.807, 2.05) is 0 Å². The Labute approximate surface area is 93.1 Å². The van der Waals surface area contributed by atoms with Crippen LogP contribution in [-0.2, 0) is 0 Å². The molecule has 0 amide bonds. The van der Waals surface area contributed by atoms with E-state index in [1.165, 1.54) is 45.2 Å². The van der Waals surface area contributed by atoms with Crippen LogP contribution >= 0.6 is 24.8 Å². The lowest BCUT2D eigenvalue weighted by Gasteiger charge is -2.48. The quantitative estimate of drug-likeness (QED) is 0.779. The van der Waals surface area contributed by atoms with Crippen molar-refractivity contribution in [3.8, 4) is 0 Å². The fraction of sp³-hybridized carbons (Fsp3) is 1.00. The Balaban J connectivity index is 0.000000720. The van der Waals surface area contributed by atoms with Gasteiger partial charge < -0.3 is 5.73 Å². The van der Waals surface area contributed by atoms with E-state index in [0.29, 0.717) is 5.54 Å². The molecule has 4 heteroatoms. The molecular formula is C9H20Cl2N2. The van der Waals surface area contributed by atoms with E-state index in [2.05, 4.69) is 4.90 Å². The van der Waals surface area contributed by atoms with Gasteiger partial charge in [0.05, 0.1) is 0 Å². The predicted molar refractivity (Wildman–Crippen MR) is 60.9 cm³/mol. The van der Waals surface area contributed by atoms with Gasteiger partial charge in [0.2, 0.25) is 0 Å². The first-order valence-corrected chi connectivity index (χ1v) is 4.82. The number of hydrogen-bond acceptors (Lipinski definition) is 2. The van der Waals surface area contributed by atoms with Gasteiger partial charge in [-0.15, -0.1) is 24.8 Å². The summed E-state index contributed by atoms with van der Waals surface area (Å²) in [6.45, 7) is 3.49. The molecule has 1 saturated carbocycles. The molecule has 0 bridgehead atoms. The zero-order chi connectivity index (χ0) is 7.73. The first-order valence-electron chi connectivity index (χ1n) is 4.82. The van der Waals surface area contributed by atoms with Gasteiger partial charge in [0.15, 0.2) is 0 Å². The van der Waals surface area contributed by atoms with Gasteiger partial charge in [0, 0.05) is 12.1 Å². The summed E-state index contributed by atoms with van der Waals surface area (Å²) in [4.78, 5) is 2.62. The molecule has 1 saturated heterocycles. The van der Waals surface area contributed by atoms with Crippen LogP contribution in [0.5, 0.6) is 0 Å². The Hall–Kier alpha value is 0.500. The summed E-state index contributed by atoms with van der Waals surface area (Å²) in [6.07, 6.45) is 6.88. The minimum Gasteiger partial charge on any atom is -0.329 e. The monoisotopic (exact) mass is 226 g/mol. The maximum atomic E-state index is 5.81. The smallest absolute Gasteiger partial charge is 0.0331 e. The molecule has 2 nitrogen and oxygen atoms in total. The average molecular weight is 227 g/mol. The van der Waals surface area contributed by atoms with Crippen LogP contribution in [-0.4, -0.2) is 30.1 Å². The molecule has 0 aromatic heterocycles. The van der Waals surface area contributed by atoms with Gasteiger partial charge in [-0.25, -0.2) is 0 Å². The summed E-state index contributed by atoms with van der Waals surface area (Å²) >= 11 is 0. The summed E-state index contributed by atoms with van der Waals surface area (Å²) < 4.78 is 0. The number of nitrogens with zero attached hydrogens (tertiary/aromatic N) is 1. The van der Waals surface area contributed by atoms with Crippen molar-refractivity contribution in [1.29, 1.82) is 0 Å². The van der Waals surface area contributed by atoms with Crippen LogP contribution < -0.4 is 5.73 Å². The van der Waals surface area contributed by atoms with Crippen LogP contribution in [0.15, 0.2) is 0 Å². The maximum Gasteiger partial charge on any atom is 0.0331 e. The number of hydrogen-bond donors (Lipinski definition) is 1. The summed E-state index contributed by atoms with van der Waals surface area (Å²) in [7, 11) is 0. The van der Waals surface area contributed by atoms with Crippen molar-refractivity contribution >= 4 is 24.8 Å². The molecule has 2 aliphatic rings. The second-order valence-corrected chi connectivity index (χ2v) is 3.98. The van der Waals surface area contributed by atoms with Gasteiger partial charge in [-0.3, -0.25) is 4.90 Å². The topological polar surface area (TPSA) is 29.3 Å². The lowest BCUT2D eigenvalue weighted by atomic mass is 9.75. The lowest BCUT2D eigenvalue weighted by Crippen LogP contribution is -2.57. The molecule has 1 aliphatic carbocycles. The fourth-order valence-electron chi connectivity index (χ4n) is 2.43. The van der Waals surface area contributed by atoms with Gasteiger partial charge in [-0.05, 0) is 45.2 Å². The van der Waals surface area contributed by atoms with Crippen molar-refractivity contribution in [2.45, 2.75) is 37.6 Å². The van der Waals surface area contributed by atoms with Crippen molar-refractivity contribution in [2.24, 2.45) is 5.73 Å². The average Bonchev–Trinajstić information content (AvgIpc) is 2.39. The molecule has 0 unspecified atom stereocenters. The van der Waals surface area contributed by atoms with E-state index in [4.69, 9.17) is 5.73 Å². The molecule has 80 valence electrons. The summed E-state index contributed by atoms with van der Waals surface area (Å²) in [5.74, 6) is 0. The van der Waals surface area contributed by atoms with E-state index >= 15 is 0 Å². The SMILES string of the molecule is Cl.Cl.NCC1(N2CCCC2)CCC1. The molecule has 1 heterocycles. The van der Waals surface area contributed by atoms with Crippen molar-refractivity contribution in [2.75, 3.05) is 19.6 Å². The molecule has 0 aromatic carbocycles. The summed E-state index contributed by atoms with van der Waals surface area (Å²) in [5.41, 5.74) is 6.26. The molecule has 0 aromatic rings. The lowest BCUT2D eigenvalue weighted by molar-refractivity contribution is 0.0444. The Bertz CT molecular complexity index is 137. The third-order valence-corrected chi connectivity index (χ3v) is 3.44. The third-order valence-electron chi connectivity index (χ3n) is 3.44. The fourth-order valence-corrected chi connectivity index (χ4v) is 2.43. The Morgan fingerprint density at radius 3 is 1.85 bits per heavy atom. The van der Waals surface area contributed by atoms with E-state index in [-0.39, 0.29) is 24.8 Å². The van der Waals surface area contributed by atoms with E-state index in [0.717, 1.165) is 6.54 Å². The minimum absolute atomic E-state index is 0. The molecule has 2 N–H and O–H groups in total. The van der Waals surface area contributed by atoms with Crippen LogP contribution in [0, 0.1) is 0 Å². The first-order chi connectivity index (χ1) is 5.37. The molecule has 0 spiro atoms. The number of nitrogens with two attached hydrogens (primary N) is 1. The van der Waals surface area contributed by atoms with Crippen molar-refractivity contribution in [3.05, 3.63) is 0 Å². The van der Waals surface area contributed by atoms with Crippen LogP contribution in [0.3, 0.4) is 0 Å². The highest BCUT2D eigenvalue weighted by Crippen LogP contribution is 2.38. The largest absolute Gasteiger partial charge is 0.329 e. The predicted octanol–water partition coefficient (Wildman–Crippen LogP) is 1.81. The highest BCUT2D eigenvalue weighted by atomic mass is 35.5. The zero-order valence-electron chi connectivity index (χ0n) is 8.00. The maximum absolute atomic E-state index is 5.81. The number of rotatable bonds is 2. The van der Waals surface area contributed by atoms with Crippen molar-refractivity contribution < 1.29 is 0 Å². The molecule has 0 radical (unpaired) electrons. The minimum atomic E-state index is 0. The van der Waals surface area contributed by atoms with Crippen LogP contribution in [0.4, 0.5) is 0 Å². The van der Waals surface area contributed by atoms with Gasteiger partial charge in [-0.2, -0.15) is 0 Å². The summed E-state index contributed by atoms with van der Waals surface area (Å²) in [5, 5.41) is 0. The highest BCUT2D eigenvalue weighted by Gasteiger charge is 2.41. The molecule has 2 fully saturated rings. The van der Waals surface area contributed by atoms with Gasteiger partial charge in [0.25, 0.3) is 0 Å². The summed E-state index contributed by atoms with van der Waals surface area (Å²) in [6, 6.07) is 0. The molecular weight excluding hydrogens is 207 g/mol. The normalized spacial score (nSPS) is 25.6.